The molecule has 0 unspecified atom stereocenters. The molecule has 3 nitrogen and oxygen atoms in total. The third-order valence-electron chi connectivity index (χ3n) is 4.00. The number of amides is 1. The van der Waals surface area contributed by atoms with Gasteiger partial charge in [-0.1, -0.05) is 36.4 Å². The first kappa shape index (κ1) is 15.1. The van der Waals surface area contributed by atoms with Crippen molar-refractivity contribution in [2.45, 2.75) is 0 Å². The van der Waals surface area contributed by atoms with Crippen molar-refractivity contribution in [3.8, 4) is 11.3 Å². The van der Waals surface area contributed by atoms with Gasteiger partial charge in [-0.15, -0.1) is 0 Å². The van der Waals surface area contributed by atoms with Crippen molar-refractivity contribution in [1.82, 2.24) is 0 Å². The summed E-state index contributed by atoms with van der Waals surface area (Å²) in [6.45, 7) is 0. The molecule has 4 rings (SSSR count). The number of rotatable bonds is 3. The highest BCUT2D eigenvalue weighted by Crippen LogP contribution is 2.25. The lowest BCUT2D eigenvalue weighted by Crippen LogP contribution is -2.11. The molecule has 0 atom stereocenters. The van der Waals surface area contributed by atoms with Crippen LogP contribution in [0.25, 0.3) is 22.1 Å². The number of anilines is 1. The van der Waals surface area contributed by atoms with E-state index in [0.29, 0.717) is 11.3 Å². The van der Waals surface area contributed by atoms with Crippen molar-refractivity contribution in [3.63, 3.8) is 0 Å². The normalized spacial score (nSPS) is 10.8. The highest BCUT2D eigenvalue weighted by molar-refractivity contribution is 6.08. The van der Waals surface area contributed by atoms with E-state index in [9.17, 15) is 9.18 Å². The van der Waals surface area contributed by atoms with E-state index in [1.54, 1.807) is 24.3 Å². The molecule has 0 spiro atoms. The average Bonchev–Trinajstić information content (AvgIpc) is 3.13. The molecule has 1 aromatic heterocycles. The third kappa shape index (κ3) is 3.02. The van der Waals surface area contributed by atoms with Crippen LogP contribution < -0.4 is 5.32 Å². The van der Waals surface area contributed by atoms with Gasteiger partial charge in [-0.2, -0.15) is 0 Å². The van der Waals surface area contributed by atoms with Crippen LogP contribution in [0.15, 0.2) is 83.3 Å². The number of fused-ring (bicyclic) bond motifs is 1. The van der Waals surface area contributed by atoms with Crippen molar-refractivity contribution in [2.24, 2.45) is 0 Å². The molecule has 0 aliphatic heterocycles. The Morgan fingerprint density at radius 1 is 0.840 bits per heavy atom. The number of nitrogens with one attached hydrogen (secondary N) is 1. The van der Waals surface area contributed by atoms with E-state index < -0.39 is 0 Å². The van der Waals surface area contributed by atoms with Crippen LogP contribution in [0, 0.1) is 5.82 Å². The largest absolute Gasteiger partial charge is 0.451 e. The minimum absolute atomic E-state index is 0.201. The summed E-state index contributed by atoms with van der Waals surface area (Å²) in [7, 11) is 0. The molecule has 0 fully saturated rings. The summed E-state index contributed by atoms with van der Waals surface area (Å²) < 4.78 is 18.6. The Hall–Kier alpha value is -3.40. The van der Waals surface area contributed by atoms with Gasteiger partial charge < -0.3 is 9.73 Å². The van der Waals surface area contributed by atoms with Crippen LogP contribution >= 0.6 is 0 Å². The number of hydrogen-bond donors (Lipinski definition) is 1. The summed E-state index contributed by atoms with van der Waals surface area (Å²) in [4.78, 5) is 12.5. The van der Waals surface area contributed by atoms with Gasteiger partial charge in [0.2, 0.25) is 0 Å². The molecule has 4 aromatic rings. The van der Waals surface area contributed by atoms with Crippen molar-refractivity contribution in [2.75, 3.05) is 5.32 Å². The van der Waals surface area contributed by atoms with E-state index in [1.807, 2.05) is 42.5 Å². The monoisotopic (exact) mass is 331 g/mol. The first-order chi connectivity index (χ1) is 12.2. The van der Waals surface area contributed by atoms with E-state index in [4.69, 9.17) is 4.42 Å². The summed E-state index contributed by atoms with van der Waals surface area (Å²) >= 11 is 0. The topological polar surface area (TPSA) is 42.2 Å². The number of furan rings is 1. The van der Waals surface area contributed by atoms with Gasteiger partial charge in [0.15, 0.2) is 5.76 Å². The lowest BCUT2D eigenvalue weighted by atomic mass is 10.1. The molecule has 0 aliphatic carbocycles. The summed E-state index contributed by atoms with van der Waals surface area (Å²) in [6, 6.07) is 22.8. The molecule has 0 bridgehead atoms. The third-order valence-corrected chi connectivity index (χ3v) is 4.00. The molecule has 4 heteroatoms. The smallest absolute Gasteiger partial charge is 0.291 e. The highest BCUT2D eigenvalue weighted by atomic mass is 19.1. The van der Waals surface area contributed by atoms with Crippen LogP contribution in [0.1, 0.15) is 10.6 Å². The second-order valence-corrected chi connectivity index (χ2v) is 5.65. The van der Waals surface area contributed by atoms with Crippen LogP contribution in [0.5, 0.6) is 0 Å². The summed E-state index contributed by atoms with van der Waals surface area (Å²) in [5.41, 5.74) is 1.44. The molecule has 1 heterocycles. The van der Waals surface area contributed by atoms with Gasteiger partial charge in [-0.25, -0.2) is 4.39 Å². The number of carbonyl (C=O) groups is 1. The molecular weight excluding hydrogens is 317 g/mol. The van der Waals surface area contributed by atoms with E-state index in [-0.39, 0.29) is 17.5 Å². The summed E-state index contributed by atoms with van der Waals surface area (Å²) in [5.74, 6) is 0.0734. The maximum atomic E-state index is 13.0. The molecule has 122 valence electrons. The summed E-state index contributed by atoms with van der Waals surface area (Å²) in [6.07, 6.45) is 0. The Balaban J connectivity index is 1.60. The van der Waals surface area contributed by atoms with E-state index in [0.717, 1.165) is 16.5 Å². The SMILES string of the molecule is O=C(Nc1cccc2ccccc12)c1ccc(-c2ccc(F)cc2)o1. The number of halogens is 1. The van der Waals surface area contributed by atoms with Gasteiger partial charge >= 0.3 is 0 Å². The zero-order chi connectivity index (χ0) is 17.2. The van der Waals surface area contributed by atoms with Gasteiger partial charge in [-0.3, -0.25) is 4.79 Å². The van der Waals surface area contributed by atoms with Crippen LogP contribution in [0.3, 0.4) is 0 Å². The van der Waals surface area contributed by atoms with Gasteiger partial charge in [0.25, 0.3) is 5.91 Å². The standard InChI is InChI=1S/C21H14FNO2/c22-16-10-8-15(9-11-16)19-12-13-20(25-19)21(24)23-18-7-3-5-14-4-1-2-6-17(14)18/h1-13H,(H,23,24). The van der Waals surface area contributed by atoms with Crippen molar-refractivity contribution >= 4 is 22.4 Å². The quantitative estimate of drug-likeness (QED) is 0.539. The Labute approximate surface area is 143 Å². The number of carbonyl (C=O) groups excluding carboxylic acids is 1. The van der Waals surface area contributed by atoms with Crippen LogP contribution in [-0.4, -0.2) is 5.91 Å². The molecular formula is C21H14FNO2. The van der Waals surface area contributed by atoms with E-state index in [2.05, 4.69) is 5.32 Å². The van der Waals surface area contributed by atoms with Gasteiger partial charge in [0.05, 0.1) is 0 Å². The highest BCUT2D eigenvalue weighted by Gasteiger charge is 2.13. The fraction of sp³-hybridized carbons (Fsp3) is 0. The minimum atomic E-state index is -0.329. The fourth-order valence-corrected chi connectivity index (χ4v) is 2.75. The van der Waals surface area contributed by atoms with E-state index >= 15 is 0 Å². The predicted octanol–water partition coefficient (Wildman–Crippen LogP) is 5.49. The lowest BCUT2D eigenvalue weighted by molar-refractivity contribution is 0.0997. The molecule has 0 saturated carbocycles. The zero-order valence-electron chi connectivity index (χ0n) is 13.2. The number of hydrogen-bond acceptors (Lipinski definition) is 2. The van der Waals surface area contributed by atoms with Crippen LogP contribution in [-0.2, 0) is 0 Å². The molecule has 3 aromatic carbocycles. The molecule has 0 aliphatic rings. The summed E-state index contributed by atoms with van der Waals surface area (Å²) in [5, 5.41) is 4.89. The van der Waals surface area contributed by atoms with Gasteiger partial charge in [0, 0.05) is 16.6 Å². The second-order valence-electron chi connectivity index (χ2n) is 5.65. The number of benzene rings is 3. The molecule has 1 amide bonds. The molecule has 0 radical (unpaired) electrons. The molecule has 25 heavy (non-hydrogen) atoms. The average molecular weight is 331 g/mol. The maximum Gasteiger partial charge on any atom is 0.291 e. The predicted molar refractivity (Wildman–Crippen MR) is 96.0 cm³/mol. The van der Waals surface area contributed by atoms with Crippen molar-refractivity contribution < 1.29 is 13.6 Å². The van der Waals surface area contributed by atoms with Crippen molar-refractivity contribution in [3.05, 3.63) is 90.4 Å². The zero-order valence-corrected chi connectivity index (χ0v) is 13.2. The molecule has 0 saturated heterocycles. The Morgan fingerprint density at radius 3 is 2.44 bits per heavy atom. The maximum absolute atomic E-state index is 13.0. The first-order valence-corrected chi connectivity index (χ1v) is 7.85. The Morgan fingerprint density at radius 2 is 1.60 bits per heavy atom. The van der Waals surface area contributed by atoms with Gasteiger partial charge in [0.1, 0.15) is 11.6 Å². The Bertz CT molecular complexity index is 1050. The Kier molecular flexibility index (Phi) is 3.78. The minimum Gasteiger partial charge on any atom is -0.451 e. The van der Waals surface area contributed by atoms with Crippen molar-refractivity contribution in [1.29, 1.82) is 0 Å². The second kappa shape index (κ2) is 6.24. The van der Waals surface area contributed by atoms with Crippen LogP contribution in [0.4, 0.5) is 10.1 Å². The first-order valence-electron chi connectivity index (χ1n) is 7.85. The molecule has 1 N–H and O–H groups in total. The fourth-order valence-electron chi connectivity index (χ4n) is 2.75. The van der Waals surface area contributed by atoms with E-state index in [1.165, 1.54) is 12.1 Å². The van der Waals surface area contributed by atoms with Gasteiger partial charge in [-0.05, 0) is 47.9 Å². The van der Waals surface area contributed by atoms with Crippen LogP contribution in [0.2, 0.25) is 0 Å². The lowest BCUT2D eigenvalue weighted by Gasteiger charge is -2.07.